The maximum absolute atomic E-state index is 13.8. The van der Waals surface area contributed by atoms with Crippen LogP contribution in [0.1, 0.15) is 25.2 Å². The largest absolute Gasteiger partial charge is 0.383 e. The molecule has 24 heavy (non-hydrogen) atoms. The van der Waals surface area contributed by atoms with Crippen LogP contribution in [0.4, 0.5) is 8.78 Å². The molecule has 1 unspecified atom stereocenters. The number of aliphatic hydroxyl groups is 1. The number of carbonyl (C=O) groups is 1. The minimum Gasteiger partial charge on any atom is -0.383 e. The molecule has 0 spiro atoms. The Morgan fingerprint density at radius 3 is 2.88 bits per heavy atom. The zero-order valence-corrected chi connectivity index (χ0v) is 13.5. The second-order valence-corrected chi connectivity index (χ2v) is 5.52. The molecule has 128 valence electrons. The molecule has 0 bridgehead atoms. The summed E-state index contributed by atoms with van der Waals surface area (Å²) in [7, 11) is 0. The molecule has 0 aliphatic heterocycles. The Morgan fingerprint density at radius 1 is 1.46 bits per heavy atom. The van der Waals surface area contributed by atoms with Crippen LogP contribution in [0.2, 0.25) is 0 Å². The van der Waals surface area contributed by atoms with Crippen LogP contribution in [-0.4, -0.2) is 27.1 Å². The predicted octanol–water partition coefficient (Wildman–Crippen LogP) is 2.22. The summed E-state index contributed by atoms with van der Waals surface area (Å²) in [5.41, 5.74) is -1.75. The molecule has 1 amide bonds. The summed E-state index contributed by atoms with van der Waals surface area (Å²) >= 11 is 0. The molecule has 0 radical (unpaired) electrons. The maximum Gasteiger partial charge on any atom is 0.244 e. The van der Waals surface area contributed by atoms with Crippen molar-refractivity contribution in [2.45, 2.75) is 26.0 Å². The highest BCUT2D eigenvalue weighted by molar-refractivity contribution is 5.91. The average Bonchev–Trinajstić information content (AvgIpc) is 2.98. The van der Waals surface area contributed by atoms with Crippen molar-refractivity contribution < 1.29 is 18.7 Å². The van der Waals surface area contributed by atoms with E-state index < -0.39 is 23.1 Å². The second kappa shape index (κ2) is 7.35. The Labute approximate surface area is 138 Å². The van der Waals surface area contributed by atoms with E-state index in [4.69, 9.17) is 0 Å². The predicted molar refractivity (Wildman–Crippen MR) is 85.9 cm³/mol. The maximum atomic E-state index is 13.8. The van der Waals surface area contributed by atoms with E-state index in [9.17, 15) is 18.7 Å². The highest BCUT2D eigenvalue weighted by atomic mass is 19.1. The van der Waals surface area contributed by atoms with Crippen LogP contribution in [0, 0.1) is 11.6 Å². The van der Waals surface area contributed by atoms with Gasteiger partial charge in [0, 0.05) is 36.6 Å². The third-order valence-electron chi connectivity index (χ3n) is 3.59. The number of carbonyl (C=O) groups excluding carboxylic acids is 1. The van der Waals surface area contributed by atoms with Gasteiger partial charge in [0.2, 0.25) is 5.91 Å². The average molecular weight is 335 g/mol. The highest BCUT2D eigenvalue weighted by Gasteiger charge is 2.27. The SMILES string of the molecule is CCn1ccnc1/C=C/C(=O)NCC(C)(O)c1ccc(F)cc1F. The summed E-state index contributed by atoms with van der Waals surface area (Å²) in [4.78, 5) is 16.0. The number of hydrogen-bond acceptors (Lipinski definition) is 3. The Kier molecular flexibility index (Phi) is 5.46. The Bertz CT molecular complexity index is 754. The van der Waals surface area contributed by atoms with Crippen molar-refractivity contribution >= 4 is 12.0 Å². The number of hydrogen-bond donors (Lipinski definition) is 2. The van der Waals surface area contributed by atoms with Crippen LogP contribution >= 0.6 is 0 Å². The van der Waals surface area contributed by atoms with Crippen LogP contribution in [0.15, 0.2) is 36.7 Å². The van der Waals surface area contributed by atoms with Crippen molar-refractivity contribution in [2.75, 3.05) is 6.54 Å². The van der Waals surface area contributed by atoms with Gasteiger partial charge in [0.1, 0.15) is 23.1 Å². The number of nitrogens with zero attached hydrogens (tertiary/aromatic N) is 2. The lowest BCUT2D eigenvalue weighted by Crippen LogP contribution is -2.38. The summed E-state index contributed by atoms with van der Waals surface area (Å²) in [5.74, 6) is -1.42. The van der Waals surface area contributed by atoms with Gasteiger partial charge in [-0.25, -0.2) is 13.8 Å². The second-order valence-electron chi connectivity index (χ2n) is 5.52. The van der Waals surface area contributed by atoms with Crippen LogP contribution in [0.3, 0.4) is 0 Å². The number of nitrogens with one attached hydrogen (secondary N) is 1. The first kappa shape index (κ1) is 17.8. The number of aryl methyl sites for hydroxylation is 1. The topological polar surface area (TPSA) is 67.2 Å². The molecule has 0 aliphatic rings. The molecular formula is C17H19F2N3O2. The van der Waals surface area contributed by atoms with Crippen LogP contribution in [0.5, 0.6) is 0 Å². The summed E-state index contributed by atoms with van der Waals surface area (Å²) in [6.07, 6.45) is 6.25. The van der Waals surface area contributed by atoms with E-state index in [1.54, 1.807) is 18.5 Å². The van der Waals surface area contributed by atoms with E-state index in [-0.39, 0.29) is 12.1 Å². The summed E-state index contributed by atoms with van der Waals surface area (Å²) < 4.78 is 28.5. The molecule has 2 N–H and O–H groups in total. The van der Waals surface area contributed by atoms with Gasteiger partial charge in [-0.3, -0.25) is 4.79 Å². The molecule has 1 aromatic heterocycles. The number of benzene rings is 1. The molecule has 1 aromatic carbocycles. The molecule has 2 rings (SSSR count). The van der Waals surface area contributed by atoms with Gasteiger partial charge in [0.05, 0.1) is 6.54 Å². The fourth-order valence-electron chi connectivity index (χ4n) is 2.24. The van der Waals surface area contributed by atoms with Crippen molar-refractivity contribution in [2.24, 2.45) is 0 Å². The van der Waals surface area contributed by atoms with Crippen molar-refractivity contribution in [3.8, 4) is 0 Å². The molecule has 5 nitrogen and oxygen atoms in total. The number of imidazole rings is 1. The Balaban J connectivity index is 1.99. The van der Waals surface area contributed by atoms with E-state index in [1.807, 2.05) is 11.5 Å². The first-order valence-electron chi connectivity index (χ1n) is 7.48. The molecule has 1 heterocycles. The minimum absolute atomic E-state index is 0.0882. The lowest BCUT2D eigenvalue weighted by molar-refractivity contribution is -0.117. The lowest BCUT2D eigenvalue weighted by Gasteiger charge is -2.24. The first-order valence-corrected chi connectivity index (χ1v) is 7.48. The van der Waals surface area contributed by atoms with Crippen molar-refractivity contribution in [3.63, 3.8) is 0 Å². The van der Waals surface area contributed by atoms with Gasteiger partial charge in [-0.05, 0) is 26.0 Å². The summed E-state index contributed by atoms with van der Waals surface area (Å²) in [5, 5.41) is 12.8. The van der Waals surface area contributed by atoms with Crippen LogP contribution < -0.4 is 5.32 Å². The standard InChI is InChI=1S/C17H19F2N3O2/c1-3-22-9-8-20-15(22)6-7-16(23)21-11-17(2,24)13-5-4-12(18)10-14(13)19/h4-10,24H,3,11H2,1-2H3,(H,21,23)/b7-6+. The van der Waals surface area contributed by atoms with E-state index in [2.05, 4.69) is 10.3 Å². The quantitative estimate of drug-likeness (QED) is 0.796. The van der Waals surface area contributed by atoms with E-state index in [1.165, 1.54) is 13.0 Å². The number of aromatic nitrogens is 2. The molecule has 0 saturated heterocycles. The molecular weight excluding hydrogens is 316 g/mol. The van der Waals surface area contributed by atoms with Gasteiger partial charge in [-0.2, -0.15) is 0 Å². The Hall–Kier alpha value is -2.54. The van der Waals surface area contributed by atoms with Crippen molar-refractivity contribution in [3.05, 3.63) is 59.7 Å². The van der Waals surface area contributed by atoms with Crippen LogP contribution in [-0.2, 0) is 16.9 Å². The minimum atomic E-state index is -1.66. The van der Waals surface area contributed by atoms with Gasteiger partial charge in [0.15, 0.2) is 0 Å². The summed E-state index contributed by atoms with van der Waals surface area (Å²) in [6.45, 7) is 3.80. The molecule has 2 aromatic rings. The Morgan fingerprint density at radius 2 is 2.21 bits per heavy atom. The van der Waals surface area contributed by atoms with Gasteiger partial charge in [-0.1, -0.05) is 6.07 Å². The smallest absolute Gasteiger partial charge is 0.244 e. The van der Waals surface area contributed by atoms with E-state index in [0.29, 0.717) is 11.9 Å². The third-order valence-corrected chi connectivity index (χ3v) is 3.59. The fraction of sp³-hybridized carbons (Fsp3) is 0.294. The summed E-state index contributed by atoms with van der Waals surface area (Å²) in [6, 6.07) is 2.90. The molecule has 0 saturated carbocycles. The first-order chi connectivity index (χ1) is 11.3. The van der Waals surface area contributed by atoms with Crippen molar-refractivity contribution in [1.82, 2.24) is 14.9 Å². The van der Waals surface area contributed by atoms with Crippen LogP contribution in [0.25, 0.3) is 6.08 Å². The normalized spacial score (nSPS) is 13.9. The van der Waals surface area contributed by atoms with Gasteiger partial charge in [0.25, 0.3) is 0 Å². The molecule has 7 heteroatoms. The number of amides is 1. The van der Waals surface area contributed by atoms with E-state index >= 15 is 0 Å². The van der Waals surface area contributed by atoms with Crippen molar-refractivity contribution in [1.29, 1.82) is 0 Å². The van der Waals surface area contributed by atoms with Gasteiger partial charge in [-0.15, -0.1) is 0 Å². The van der Waals surface area contributed by atoms with E-state index in [0.717, 1.165) is 18.7 Å². The molecule has 0 aliphatic carbocycles. The zero-order valence-electron chi connectivity index (χ0n) is 13.5. The van der Waals surface area contributed by atoms with Gasteiger partial charge < -0.3 is 15.0 Å². The molecule has 1 atom stereocenters. The fourth-order valence-corrected chi connectivity index (χ4v) is 2.24. The third kappa shape index (κ3) is 4.26. The number of halogens is 2. The zero-order chi connectivity index (χ0) is 17.7. The highest BCUT2D eigenvalue weighted by Crippen LogP contribution is 2.23. The number of rotatable bonds is 6. The molecule has 0 fully saturated rings. The lowest BCUT2D eigenvalue weighted by atomic mass is 9.95. The monoisotopic (exact) mass is 335 g/mol. The van der Waals surface area contributed by atoms with Gasteiger partial charge >= 0.3 is 0 Å².